The third-order valence-corrected chi connectivity index (χ3v) is 6.16. The first kappa shape index (κ1) is 15.1. The topological polar surface area (TPSA) is 62.6 Å². The fourth-order valence-corrected chi connectivity index (χ4v) is 4.46. The van der Waals surface area contributed by atoms with E-state index in [2.05, 4.69) is 23.2 Å². The van der Waals surface area contributed by atoms with E-state index >= 15 is 0 Å². The number of rotatable bonds is 5. The number of aryl methyl sites for hydroxylation is 1. The van der Waals surface area contributed by atoms with Crippen LogP contribution < -0.4 is 5.32 Å². The molecule has 1 atom stereocenters. The fraction of sp³-hybridized carbons (Fsp3) is 0.733. The van der Waals surface area contributed by atoms with Gasteiger partial charge in [-0.2, -0.15) is 0 Å². The van der Waals surface area contributed by atoms with Crippen LogP contribution in [0.3, 0.4) is 0 Å². The van der Waals surface area contributed by atoms with E-state index in [-0.39, 0.29) is 17.5 Å². The van der Waals surface area contributed by atoms with Crippen molar-refractivity contribution in [2.75, 3.05) is 18.1 Å². The average molecular weight is 312 g/mol. The van der Waals surface area contributed by atoms with Gasteiger partial charge in [0, 0.05) is 18.6 Å². The second-order valence-electron chi connectivity index (χ2n) is 6.41. The fourth-order valence-electron chi connectivity index (χ4n) is 2.84. The molecule has 0 amide bonds. The first-order chi connectivity index (χ1) is 9.93. The van der Waals surface area contributed by atoms with E-state index in [1.807, 2.05) is 6.92 Å². The summed E-state index contributed by atoms with van der Waals surface area (Å²) in [6.07, 6.45) is 2.54. The highest BCUT2D eigenvalue weighted by molar-refractivity contribution is 7.91. The van der Waals surface area contributed by atoms with E-state index < -0.39 is 9.84 Å². The summed E-state index contributed by atoms with van der Waals surface area (Å²) < 4.78 is 29.2. The van der Waals surface area contributed by atoms with E-state index in [1.54, 1.807) is 0 Å². The van der Waals surface area contributed by atoms with Crippen molar-refractivity contribution < 1.29 is 12.8 Å². The molecule has 1 saturated carbocycles. The van der Waals surface area contributed by atoms with E-state index in [9.17, 15) is 8.42 Å². The summed E-state index contributed by atoms with van der Waals surface area (Å²) >= 11 is 0. The first-order valence-electron chi connectivity index (χ1n) is 7.69. The second kappa shape index (κ2) is 5.74. The molecule has 1 aromatic rings. The highest BCUT2D eigenvalue weighted by atomic mass is 32.2. The summed E-state index contributed by atoms with van der Waals surface area (Å²) in [4.78, 5) is 2.19. The molecule has 1 unspecified atom stereocenters. The standard InChI is InChI=1S/C15H24N2O3S/c1-11-7-14(20-15(11)8-16-13-3-4-13)9-17-5-6-21(18,19)10-12(17)2/h7,12-13,16H,3-6,8-10H2,1-2H3. The molecule has 2 aliphatic rings. The maximum absolute atomic E-state index is 11.6. The molecule has 118 valence electrons. The SMILES string of the molecule is Cc1cc(CN2CCS(=O)(=O)CC2C)oc1CNC1CC1. The van der Waals surface area contributed by atoms with Gasteiger partial charge in [0.1, 0.15) is 11.5 Å². The number of nitrogens with zero attached hydrogens (tertiary/aromatic N) is 1. The Morgan fingerprint density at radius 2 is 2.19 bits per heavy atom. The van der Waals surface area contributed by atoms with Crippen molar-refractivity contribution in [3.05, 3.63) is 23.2 Å². The maximum atomic E-state index is 11.6. The Hall–Kier alpha value is -0.850. The lowest BCUT2D eigenvalue weighted by molar-refractivity contribution is 0.199. The quantitative estimate of drug-likeness (QED) is 0.892. The molecule has 1 aliphatic heterocycles. The van der Waals surface area contributed by atoms with Gasteiger partial charge in [-0.1, -0.05) is 0 Å². The van der Waals surface area contributed by atoms with Crippen LogP contribution in [0.25, 0.3) is 0 Å². The van der Waals surface area contributed by atoms with Crippen molar-refractivity contribution in [2.24, 2.45) is 0 Å². The second-order valence-corrected chi connectivity index (χ2v) is 8.64. The number of hydrogen-bond donors (Lipinski definition) is 1. The summed E-state index contributed by atoms with van der Waals surface area (Å²) in [5.74, 6) is 2.45. The summed E-state index contributed by atoms with van der Waals surface area (Å²) in [6.45, 7) is 6.13. The highest BCUT2D eigenvalue weighted by Gasteiger charge is 2.29. The van der Waals surface area contributed by atoms with Gasteiger partial charge in [0.15, 0.2) is 9.84 Å². The summed E-state index contributed by atoms with van der Waals surface area (Å²) in [7, 11) is -2.85. The molecule has 21 heavy (non-hydrogen) atoms. The predicted octanol–water partition coefficient (Wildman–Crippen LogP) is 1.46. The number of nitrogens with one attached hydrogen (secondary N) is 1. The molecule has 2 fully saturated rings. The Bertz CT molecular complexity index is 604. The van der Waals surface area contributed by atoms with Gasteiger partial charge in [-0.15, -0.1) is 0 Å². The number of furan rings is 1. The Morgan fingerprint density at radius 1 is 1.43 bits per heavy atom. The van der Waals surface area contributed by atoms with Gasteiger partial charge >= 0.3 is 0 Å². The number of sulfone groups is 1. The van der Waals surface area contributed by atoms with Gasteiger partial charge in [-0.25, -0.2) is 8.42 Å². The Balaban J connectivity index is 1.60. The zero-order valence-electron chi connectivity index (χ0n) is 12.8. The van der Waals surface area contributed by atoms with Crippen LogP contribution in [0, 0.1) is 6.92 Å². The lowest BCUT2D eigenvalue weighted by atomic mass is 10.2. The zero-order valence-corrected chi connectivity index (χ0v) is 13.6. The molecular weight excluding hydrogens is 288 g/mol. The lowest BCUT2D eigenvalue weighted by Gasteiger charge is -2.32. The molecule has 1 aromatic heterocycles. The monoisotopic (exact) mass is 312 g/mol. The van der Waals surface area contributed by atoms with Crippen LogP contribution in [-0.2, 0) is 22.9 Å². The van der Waals surface area contributed by atoms with Crippen molar-refractivity contribution in [1.82, 2.24) is 10.2 Å². The summed E-state index contributed by atoms with van der Waals surface area (Å²) in [6, 6.07) is 2.81. The van der Waals surface area contributed by atoms with Crippen LogP contribution >= 0.6 is 0 Å². The van der Waals surface area contributed by atoms with Crippen LogP contribution in [0.15, 0.2) is 10.5 Å². The van der Waals surface area contributed by atoms with Crippen LogP contribution in [0.1, 0.15) is 36.8 Å². The molecule has 1 aliphatic carbocycles. The van der Waals surface area contributed by atoms with Crippen LogP contribution in [0.2, 0.25) is 0 Å². The largest absolute Gasteiger partial charge is 0.463 e. The molecule has 1 saturated heterocycles. The van der Waals surface area contributed by atoms with Crippen molar-refractivity contribution in [3.8, 4) is 0 Å². The third kappa shape index (κ3) is 3.87. The van der Waals surface area contributed by atoms with E-state index in [4.69, 9.17) is 4.42 Å². The van der Waals surface area contributed by atoms with Gasteiger partial charge in [0.25, 0.3) is 0 Å². The van der Waals surface area contributed by atoms with Crippen LogP contribution in [0.5, 0.6) is 0 Å². The van der Waals surface area contributed by atoms with Gasteiger partial charge in [-0.3, -0.25) is 4.90 Å². The van der Waals surface area contributed by atoms with Gasteiger partial charge < -0.3 is 9.73 Å². The Kier molecular flexibility index (Phi) is 4.12. The van der Waals surface area contributed by atoms with E-state index in [0.29, 0.717) is 19.1 Å². The van der Waals surface area contributed by atoms with E-state index in [0.717, 1.165) is 18.1 Å². The molecule has 2 heterocycles. The van der Waals surface area contributed by atoms with Crippen molar-refractivity contribution in [1.29, 1.82) is 0 Å². The normalized spacial score (nSPS) is 26.1. The van der Waals surface area contributed by atoms with Gasteiger partial charge in [0.2, 0.25) is 0 Å². The minimum atomic E-state index is -2.85. The third-order valence-electron chi connectivity index (χ3n) is 4.37. The molecule has 0 radical (unpaired) electrons. The smallest absolute Gasteiger partial charge is 0.153 e. The maximum Gasteiger partial charge on any atom is 0.153 e. The first-order valence-corrected chi connectivity index (χ1v) is 9.51. The number of hydrogen-bond acceptors (Lipinski definition) is 5. The minimum absolute atomic E-state index is 0.0576. The Labute approximate surface area is 126 Å². The molecule has 6 heteroatoms. The molecule has 0 aromatic carbocycles. The van der Waals surface area contributed by atoms with Crippen molar-refractivity contribution in [2.45, 2.75) is 51.9 Å². The lowest BCUT2D eigenvalue weighted by Crippen LogP contribution is -2.46. The van der Waals surface area contributed by atoms with E-state index in [1.165, 1.54) is 18.4 Å². The van der Waals surface area contributed by atoms with Crippen LogP contribution in [0.4, 0.5) is 0 Å². The van der Waals surface area contributed by atoms with Gasteiger partial charge in [0.05, 0.1) is 24.6 Å². The summed E-state index contributed by atoms with van der Waals surface area (Å²) in [5.41, 5.74) is 1.18. The highest BCUT2D eigenvalue weighted by Crippen LogP contribution is 2.22. The molecule has 3 rings (SSSR count). The predicted molar refractivity (Wildman–Crippen MR) is 81.8 cm³/mol. The molecule has 5 nitrogen and oxygen atoms in total. The van der Waals surface area contributed by atoms with Crippen LogP contribution in [-0.4, -0.2) is 43.5 Å². The zero-order chi connectivity index (χ0) is 15.0. The van der Waals surface area contributed by atoms with Crippen molar-refractivity contribution in [3.63, 3.8) is 0 Å². The molecular formula is C15H24N2O3S. The molecule has 1 N–H and O–H groups in total. The minimum Gasteiger partial charge on any atom is -0.463 e. The average Bonchev–Trinajstić information content (AvgIpc) is 3.15. The molecule has 0 bridgehead atoms. The summed E-state index contributed by atoms with van der Waals surface area (Å²) in [5, 5.41) is 3.46. The molecule has 0 spiro atoms. The van der Waals surface area contributed by atoms with Gasteiger partial charge in [-0.05, 0) is 38.3 Å². The Morgan fingerprint density at radius 3 is 2.86 bits per heavy atom. The van der Waals surface area contributed by atoms with Crippen molar-refractivity contribution >= 4 is 9.84 Å².